The normalized spacial score (nSPS) is 13.1. The molecular weight excluding hydrogens is 248 g/mol. The van der Waals surface area contributed by atoms with E-state index < -0.39 is 6.04 Å². The van der Waals surface area contributed by atoms with Crippen LogP contribution >= 0.6 is 11.3 Å². The molecule has 1 rings (SSSR count). The van der Waals surface area contributed by atoms with Crippen molar-refractivity contribution in [3.63, 3.8) is 0 Å². The molecule has 0 aliphatic rings. The molecule has 4 nitrogen and oxygen atoms in total. The Balaban J connectivity index is 2.95. The highest BCUT2D eigenvalue weighted by atomic mass is 32.1. The molecule has 0 aromatic carbocycles. The van der Waals surface area contributed by atoms with Crippen LogP contribution in [0.1, 0.15) is 37.5 Å². The van der Waals surface area contributed by atoms with Gasteiger partial charge in [-0.3, -0.25) is 5.32 Å². The number of carbonyl (C=O) groups excluding carboxylic acids is 1. The number of hydrogen-bond donors (Lipinski definition) is 1. The summed E-state index contributed by atoms with van der Waals surface area (Å²) in [5, 5.41) is 5.96. The standard InChI is InChI=1S/C13H20N2O2S/c1-6-7-14-10(11(16)17-5)9-8-18-12(15-9)13(2,3)4/h6,8,10,14H,1,7H2,2-5H3. The van der Waals surface area contributed by atoms with Crippen molar-refractivity contribution >= 4 is 17.3 Å². The molecule has 0 radical (unpaired) electrons. The van der Waals surface area contributed by atoms with E-state index in [0.717, 1.165) is 5.01 Å². The van der Waals surface area contributed by atoms with Gasteiger partial charge in [-0.1, -0.05) is 26.8 Å². The van der Waals surface area contributed by atoms with Crippen molar-refractivity contribution in [3.8, 4) is 0 Å². The average Bonchev–Trinajstić information content (AvgIpc) is 2.78. The van der Waals surface area contributed by atoms with Crippen LogP contribution in [0.15, 0.2) is 18.0 Å². The van der Waals surface area contributed by atoms with Gasteiger partial charge in [-0.15, -0.1) is 17.9 Å². The first-order valence-corrected chi connectivity index (χ1v) is 6.66. The Labute approximate surface area is 112 Å². The maximum Gasteiger partial charge on any atom is 0.329 e. The number of thiazole rings is 1. The summed E-state index contributed by atoms with van der Waals surface area (Å²) < 4.78 is 4.79. The fourth-order valence-electron chi connectivity index (χ4n) is 1.39. The van der Waals surface area contributed by atoms with Crippen LogP contribution in [-0.4, -0.2) is 24.6 Å². The Morgan fingerprint density at radius 1 is 1.67 bits per heavy atom. The zero-order valence-corrected chi connectivity index (χ0v) is 12.1. The molecule has 1 N–H and O–H groups in total. The SMILES string of the molecule is C=CCNC(C(=O)OC)c1csc(C(C)(C)C)n1. The van der Waals surface area contributed by atoms with E-state index in [-0.39, 0.29) is 11.4 Å². The van der Waals surface area contributed by atoms with Gasteiger partial charge in [-0.05, 0) is 0 Å². The van der Waals surface area contributed by atoms with Crippen molar-refractivity contribution in [3.05, 3.63) is 28.7 Å². The van der Waals surface area contributed by atoms with E-state index in [1.165, 1.54) is 7.11 Å². The Kier molecular flexibility index (Phi) is 5.04. The van der Waals surface area contributed by atoms with Gasteiger partial charge in [-0.2, -0.15) is 0 Å². The predicted octanol–water partition coefficient (Wildman–Crippen LogP) is 2.43. The molecule has 1 heterocycles. The molecule has 100 valence electrons. The second-order valence-electron chi connectivity index (χ2n) is 4.98. The molecule has 1 aromatic heterocycles. The molecule has 0 saturated heterocycles. The third kappa shape index (κ3) is 3.65. The number of nitrogens with one attached hydrogen (secondary N) is 1. The van der Waals surface area contributed by atoms with Crippen molar-refractivity contribution in [2.75, 3.05) is 13.7 Å². The van der Waals surface area contributed by atoms with Crippen LogP contribution in [0.4, 0.5) is 0 Å². The van der Waals surface area contributed by atoms with E-state index in [4.69, 9.17) is 4.74 Å². The zero-order valence-electron chi connectivity index (χ0n) is 11.3. The first-order chi connectivity index (χ1) is 8.40. The fourth-order valence-corrected chi connectivity index (χ4v) is 2.32. The number of ether oxygens (including phenoxy) is 1. The topological polar surface area (TPSA) is 51.2 Å². The number of esters is 1. The minimum absolute atomic E-state index is 0.0119. The molecule has 0 aliphatic heterocycles. The molecule has 18 heavy (non-hydrogen) atoms. The van der Waals surface area contributed by atoms with Gasteiger partial charge in [0.25, 0.3) is 0 Å². The summed E-state index contributed by atoms with van der Waals surface area (Å²) >= 11 is 1.56. The lowest BCUT2D eigenvalue weighted by Crippen LogP contribution is -2.30. The molecule has 0 saturated carbocycles. The van der Waals surface area contributed by atoms with E-state index >= 15 is 0 Å². The summed E-state index contributed by atoms with van der Waals surface area (Å²) in [7, 11) is 1.38. The van der Waals surface area contributed by atoms with Crippen molar-refractivity contribution < 1.29 is 9.53 Å². The van der Waals surface area contributed by atoms with Crippen molar-refractivity contribution in [1.29, 1.82) is 0 Å². The second kappa shape index (κ2) is 6.11. The van der Waals surface area contributed by atoms with E-state index in [9.17, 15) is 4.79 Å². The predicted molar refractivity (Wildman–Crippen MR) is 73.8 cm³/mol. The molecule has 0 fully saturated rings. The summed E-state index contributed by atoms with van der Waals surface area (Å²) in [6, 6.07) is -0.527. The summed E-state index contributed by atoms with van der Waals surface area (Å²) in [5.41, 5.74) is 0.695. The highest BCUT2D eigenvalue weighted by Gasteiger charge is 2.26. The fraction of sp³-hybridized carbons (Fsp3) is 0.538. The minimum atomic E-state index is -0.527. The molecule has 0 aliphatic carbocycles. The lowest BCUT2D eigenvalue weighted by molar-refractivity contribution is -0.143. The van der Waals surface area contributed by atoms with E-state index in [0.29, 0.717) is 12.2 Å². The van der Waals surface area contributed by atoms with E-state index in [1.807, 2.05) is 5.38 Å². The van der Waals surface area contributed by atoms with Gasteiger partial charge >= 0.3 is 5.97 Å². The maximum absolute atomic E-state index is 11.7. The molecule has 1 unspecified atom stereocenters. The minimum Gasteiger partial charge on any atom is -0.468 e. The molecule has 1 atom stereocenters. The van der Waals surface area contributed by atoms with Crippen LogP contribution in [0.3, 0.4) is 0 Å². The zero-order chi connectivity index (χ0) is 13.8. The van der Waals surface area contributed by atoms with E-state index in [2.05, 4.69) is 37.7 Å². The molecule has 0 bridgehead atoms. The monoisotopic (exact) mass is 268 g/mol. The molecule has 0 spiro atoms. The van der Waals surface area contributed by atoms with Crippen LogP contribution in [0.5, 0.6) is 0 Å². The van der Waals surface area contributed by atoms with Gasteiger partial charge in [0.05, 0.1) is 17.8 Å². The number of methoxy groups -OCH3 is 1. The Hall–Kier alpha value is -1.20. The van der Waals surface area contributed by atoms with Crippen molar-refractivity contribution in [2.24, 2.45) is 0 Å². The van der Waals surface area contributed by atoms with Gasteiger partial charge in [-0.25, -0.2) is 9.78 Å². The summed E-state index contributed by atoms with van der Waals surface area (Å²) in [6.45, 7) is 10.4. The summed E-state index contributed by atoms with van der Waals surface area (Å²) in [4.78, 5) is 16.2. The number of hydrogen-bond acceptors (Lipinski definition) is 5. The van der Waals surface area contributed by atoms with Crippen LogP contribution in [-0.2, 0) is 14.9 Å². The van der Waals surface area contributed by atoms with Gasteiger partial charge in [0, 0.05) is 17.3 Å². The Morgan fingerprint density at radius 3 is 2.78 bits per heavy atom. The first kappa shape index (κ1) is 14.9. The highest BCUT2D eigenvalue weighted by Crippen LogP contribution is 2.28. The van der Waals surface area contributed by atoms with Crippen molar-refractivity contribution in [2.45, 2.75) is 32.2 Å². The van der Waals surface area contributed by atoms with Crippen LogP contribution < -0.4 is 5.32 Å². The van der Waals surface area contributed by atoms with Crippen LogP contribution in [0, 0.1) is 0 Å². The number of carbonyl (C=O) groups is 1. The molecule has 5 heteroatoms. The highest BCUT2D eigenvalue weighted by molar-refractivity contribution is 7.09. The maximum atomic E-state index is 11.7. The third-order valence-corrected chi connectivity index (χ3v) is 3.65. The number of aromatic nitrogens is 1. The third-order valence-electron chi connectivity index (χ3n) is 2.36. The average molecular weight is 268 g/mol. The molecule has 1 aromatic rings. The lowest BCUT2D eigenvalue weighted by atomic mass is 9.98. The first-order valence-electron chi connectivity index (χ1n) is 5.78. The van der Waals surface area contributed by atoms with Crippen LogP contribution in [0.2, 0.25) is 0 Å². The van der Waals surface area contributed by atoms with Gasteiger partial charge < -0.3 is 4.74 Å². The van der Waals surface area contributed by atoms with Gasteiger partial charge in [0.15, 0.2) is 0 Å². The van der Waals surface area contributed by atoms with E-state index in [1.54, 1.807) is 17.4 Å². The lowest BCUT2D eigenvalue weighted by Gasteiger charge is -2.15. The smallest absolute Gasteiger partial charge is 0.329 e. The number of nitrogens with zero attached hydrogens (tertiary/aromatic N) is 1. The molecule has 0 amide bonds. The van der Waals surface area contributed by atoms with Crippen molar-refractivity contribution in [1.82, 2.24) is 10.3 Å². The largest absolute Gasteiger partial charge is 0.468 e. The van der Waals surface area contributed by atoms with Crippen LogP contribution in [0.25, 0.3) is 0 Å². The quantitative estimate of drug-likeness (QED) is 0.658. The Bertz CT molecular complexity index is 421. The second-order valence-corrected chi connectivity index (χ2v) is 5.84. The van der Waals surface area contributed by atoms with Gasteiger partial charge in [0.2, 0.25) is 0 Å². The summed E-state index contributed by atoms with van der Waals surface area (Å²) in [6.07, 6.45) is 1.70. The molecular formula is C13H20N2O2S. The summed E-state index contributed by atoms with van der Waals surface area (Å²) in [5.74, 6) is -0.331. The number of rotatable bonds is 5. The van der Waals surface area contributed by atoms with Gasteiger partial charge in [0.1, 0.15) is 6.04 Å². The Morgan fingerprint density at radius 2 is 2.33 bits per heavy atom.